The lowest BCUT2D eigenvalue weighted by atomic mass is 10.2. The maximum atomic E-state index is 10.3. The van der Waals surface area contributed by atoms with Gasteiger partial charge in [0.2, 0.25) is 17.8 Å². The number of phenols is 1. The predicted molar refractivity (Wildman–Crippen MR) is 136 cm³/mol. The molecule has 1 fully saturated rings. The van der Waals surface area contributed by atoms with Gasteiger partial charge < -0.3 is 24.8 Å². The normalized spacial score (nSPS) is 13.8. The lowest BCUT2D eigenvalue weighted by Gasteiger charge is -2.27. The monoisotopic (exact) mass is 547 g/mol. The number of hydrogen-bond acceptors (Lipinski definition) is 10. The molecular formula is C22H23BrClN7O3. The molecule has 3 N–H and O–H groups in total. The van der Waals surface area contributed by atoms with Crippen molar-refractivity contribution in [2.24, 2.45) is 5.10 Å². The quantitative estimate of drug-likeness (QED) is 0.293. The van der Waals surface area contributed by atoms with E-state index in [4.69, 9.17) is 21.1 Å². The van der Waals surface area contributed by atoms with Crippen LogP contribution in [-0.4, -0.2) is 59.7 Å². The lowest BCUT2D eigenvalue weighted by Crippen LogP contribution is -2.37. The van der Waals surface area contributed by atoms with E-state index < -0.39 is 0 Å². The summed E-state index contributed by atoms with van der Waals surface area (Å²) in [5.74, 6) is 1.25. The Hall–Kier alpha value is -3.15. The smallest absolute Gasteiger partial charge is 0.250 e. The van der Waals surface area contributed by atoms with E-state index in [1.807, 2.05) is 30.0 Å². The summed E-state index contributed by atoms with van der Waals surface area (Å²) in [5, 5.41) is 18.1. The van der Waals surface area contributed by atoms with Crippen molar-refractivity contribution in [3.8, 4) is 11.5 Å². The van der Waals surface area contributed by atoms with Crippen molar-refractivity contribution < 1.29 is 14.6 Å². The van der Waals surface area contributed by atoms with Gasteiger partial charge in [-0.2, -0.15) is 20.1 Å². The first-order valence-electron chi connectivity index (χ1n) is 10.4. The number of hydrazone groups is 1. The molecule has 1 saturated heterocycles. The molecule has 0 saturated carbocycles. The van der Waals surface area contributed by atoms with Gasteiger partial charge in [0, 0.05) is 34.2 Å². The van der Waals surface area contributed by atoms with E-state index in [0.29, 0.717) is 48.8 Å². The number of morpholine rings is 1. The Morgan fingerprint density at radius 3 is 2.68 bits per heavy atom. The van der Waals surface area contributed by atoms with E-state index in [-0.39, 0.29) is 17.4 Å². The van der Waals surface area contributed by atoms with Crippen molar-refractivity contribution >= 4 is 57.3 Å². The Balaban J connectivity index is 1.61. The highest BCUT2D eigenvalue weighted by atomic mass is 79.9. The van der Waals surface area contributed by atoms with E-state index in [2.05, 4.69) is 46.7 Å². The minimum absolute atomic E-state index is 0.0753. The van der Waals surface area contributed by atoms with Gasteiger partial charge >= 0.3 is 0 Å². The third-order valence-electron chi connectivity index (χ3n) is 4.95. The molecule has 0 bridgehead atoms. The van der Waals surface area contributed by atoms with Crippen LogP contribution in [0.4, 0.5) is 23.5 Å². The number of rotatable bonds is 7. The summed E-state index contributed by atoms with van der Waals surface area (Å²) < 4.78 is 11.5. The summed E-state index contributed by atoms with van der Waals surface area (Å²) in [5.41, 5.74) is 5.13. The number of phenolic OH excluding ortho intramolecular Hbond substituents is 1. The van der Waals surface area contributed by atoms with E-state index in [1.54, 1.807) is 6.07 Å². The van der Waals surface area contributed by atoms with Crippen molar-refractivity contribution in [2.45, 2.75) is 6.92 Å². The van der Waals surface area contributed by atoms with Crippen molar-refractivity contribution in [3.63, 3.8) is 0 Å². The fourth-order valence-electron chi connectivity index (χ4n) is 3.23. The zero-order chi connectivity index (χ0) is 24.1. The van der Waals surface area contributed by atoms with E-state index >= 15 is 0 Å². The van der Waals surface area contributed by atoms with Gasteiger partial charge in [0.25, 0.3) is 0 Å². The fraction of sp³-hybridized carbons (Fsp3) is 0.273. The van der Waals surface area contributed by atoms with Crippen LogP contribution in [0.1, 0.15) is 11.1 Å². The van der Waals surface area contributed by atoms with Crippen molar-refractivity contribution in [2.75, 3.05) is 49.1 Å². The molecule has 1 aliphatic rings. The van der Waals surface area contributed by atoms with Gasteiger partial charge in [0.15, 0.2) is 11.5 Å². The number of aromatic nitrogens is 3. The topological polar surface area (TPSA) is 117 Å². The maximum Gasteiger partial charge on any atom is 0.250 e. The fourth-order valence-corrected chi connectivity index (χ4v) is 4.03. The van der Waals surface area contributed by atoms with Crippen molar-refractivity contribution in [1.29, 1.82) is 0 Å². The zero-order valence-corrected chi connectivity index (χ0v) is 20.9. The molecule has 2 aromatic carbocycles. The van der Waals surface area contributed by atoms with E-state index in [0.717, 1.165) is 15.7 Å². The molecule has 178 valence electrons. The minimum Gasteiger partial charge on any atom is -0.504 e. The molecular weight excluding hydrogens is 526 g/mol. The number of methoxy groups -OCH3 is 1. The van der Waals surface area contributed by atoms with Crippen LogP contribution >= 0.6 is 27.5 Å². The summed E-state index contributed by atoms with van der Waals surface area (Å²) in [6, 6.07) is 9.02. The predicted octanol–water partition coefficient (Wildman–Crippen LogP) is 4.34. The second-order valence-corrected chi connectivity index (χ2v) is 8.70. The number of aromatic hydroxyl groups is 1. The minimum atomic E-state index is -0.0753. The van der Waals surface area contributed by atoms with Crippen molar-refractivity contribution in [3.05, 3.63) is 51.0 Å². The second kappa shape index (κ2) is 10.9. The molecule has 34 heavy (non-hydrogen) atoms. The van der Waals surface area contributed by atoms with Gasteiger partial charge in [-0.05, 0) is 46.6 Å². The SMILES string of the molecule is COc1cc(Cl)cc(/C=N\Nc2nc(Nc3ccc(C)cc3Br)nc(N3CCOCC3)n2)c1O. The number of halogens is 2. The first kappa shape index (κ1) is 24.0. The van der Waals surface area contributed by atoms with Crippen LogP contribution in [0.25, 0.3) is 0 Å². The van der Waals surface area contributed by atoms with Crippen LogP contribution in [0.5, 0.6) is 11.5 Å². The number of ether oxygens (including phenoxy) is 2. The molecule has 4 rings (SSSR count). The number of hydrogen-bond donors (Lipinski definition) is 3. The van der Waals surface area contributed by atoms with Crippen LogP contribution in [0, 0.1) is 6.92 Å². The first-order chi connectivity index (χ1) is 16.4. The summed E-state index contributed by atoms with van der Waals surface area (Å²) >= 11 is 9.66. The lowest BCUT2D eigenvalue weighted by molar-refractivity contribution is 0.122. The molecule has 0 radical (unpaired) electrons. The Morgan fingerprint density at radius 1 is 1.18 bits per heavy atom. The van der Waals surface area contributed by atoms with Crippen LogP contribution in [0.2, 0.25) is 5.02 Å². The van der Waals surface area contributed by atoms with E-state index in [1.165, 1.54) is 19.4 Å². The number of aryl methyl sites for hydroxylation is 1. The highest BCUT2D eigenvalue weighted by Gasteiger charge is 2.17. The second-order valence-electron chi connectivity index (χ2n) is 7.41. The molecule has 1 aliphatic heterocycles. The number of nitrogens with zero attached hydrogens (tertiary/aromatic N) is 5. The Bertz CT molecular complexity index is 1210. The zero-order valence-electron chi connectivity index (χ0n) is 18.5. The van der Waals surface area contributed by atoms with Crippen LogP contribution in [0.3, 0.4) is 0 Å². The molecule has 12 heteroatoms. The van der Waals surface area contributed by atoms with Gasteiger partial charge in [-0.1, -0.05) is 17.7 Å². The molecule has 2 heterocycles. The Kier molecular flexibility index (Phi) is 7.66. The maximum absolute atomic E-state index is 10.3. The molecule has 10 nitrogen and oxygen atoms in total. The molecule has 1 aromatic heterocycles. The molecule has 3 aromatic rings. The highest BCUT2D eigenvalue weighted by molar-refractivity contribution is 9.10. The standard InChI is InChI=1S/C22H23BrClN7O3/c1-13-3-4-17(16(23)9-13)26-20-27-21(29-22(28-20)31-5-7-34-8-6-31)30-25-12-14-10-15(24)11-18(33-2)19(14)32/h3-4,9-12,32H,5-8H2,1-2H3,(H2,26,27,28,29,30)/b25-12-. The number of nitrogens with one attached hydrogen (secondary N) is 2. The van der Waals surface area contributed by atoms with Gasteiger partial charge in [0.05, 0.1) is 32.2 Å². The summed E-state index contributed by atoms with van der Waals surface area (Å²) in [4.78, 5) is 15.5. The largest absolute Gasteiger partial charge is 0.504 e. The number of anilines is 4. The molecule has 0 aliphatic carbocycles. The molecule has 0 unspecified atom stereocenters. The average Bonchev–Trinajstić information content (AvgIpc) is 2.83. The van der Waals surface area contributed by atoms with E-state index in [9.17, 15) is 5.11 Å². The number of benzene rings is 2. The first-order valence-corrected chi connectivity index (χ1v) is 11.6. The Morgan fingerprint density at radius 2 is 1.94 bits per heavy atom. The average molecular weight is 549 g/mol. The Labute approximate surface area is 210 Å². The summed E-state index contributed by atoms with van der Waals surface area (Å²) in [6.45, 7) is 4.53. The summed E-state index contributed by atoms with van der Waals surface area (Å²) in [6.07, 6.45) is 1.41. The van der Waals surface area contributed by atoms with Gasteiger partial charge in [-0.3, -0.25) is 0 Å². The van der Waals surface area contributed by atoms with Crippen molar-refractivity contribution in [1.82, 2.24) is 15.0 Å². The van der Waals surface area contributed by atoms with Crippen LogP contribution < -0.4 is 20.4 Å². The molecule has 0 amide bonds. The third-order valence-corrected chi connectivity index (χ3v) is 5.82. The van der Waals surface area contributed by atoms with Gasteiger partial charge in [-0.25, -0.2) is 5.43 Å². The van der Waals surface area contributed by atoms with Crippen LogP contribution in [-0.2, 0) is 4.74 Å². The summed E-state index contributed by atoms with van der Waals surface area (Å²) in [7, 11) is 1.45. The van der Waals surface area contributed by atoms with Gasteiger partial charge in [0.1, 0.15) is 0 Å². The molecule has 0 atom stereocenters. The third kappa shape index (κ3) is 5.85. The molecule has 0 spiro atoms. The van der Waals surface area contributed by atoms with Gasteiger partial charge in [-0.15, -0.1) is 0 Å². The van der Waals surface area contributed by atoms with Crippen LogP contribution in [0.15, 0.2) is 39.9 Å². The highest BCUT2D eigenvalue weighted by Crippen LogP contribution is 2.32.